The van der Waals surface area contributed by atoms with Gasteiger partial charge in [-0.1, -0.05) is 97.1 Å². The maximum atomic E-state index is 14.1. The van der Waals surface area contributed by atoms with E-state index in [0.29, 0.717) is 65.9 Å². The van der Waals surface area contributed by atoms with Gasteiger partial charge in [0.1, 0.15) is 11.5 Å². The predicted molar refractivity (Wildman–Crippen MR) is 245 cm³/mol. The maximum absolute atomic E-state index is 14.1. The first kappa shape index (κ1) is 44.3. The van der Waals surface area contributed by atoms with Crippen LogP contribution in [0.15, 0.2) is 132 Å². The van der Waals surface area contributed by atoms with Crippen LogP contribution in [0.25, 0.3) is 10.9 Å². The second kappa shape index (κ2) is 20.0. The molecule has 2 saturated heterocycles. The van der Waals surface area contributed by atoms with E-state index >= 15 is 0 Å². The Morgan fingerprint density at radius 1 is 0.812 bits per heavy atom. The number of carbonyl (C=O) groups is 2. The maximum Gasteiger partial charge on any atom is 0.347 e. The van der Waals surface area contributed by atoms with Gasteiger partial charge >= 0.3 is 5.97 Å². The number of amides is 1. The topological polar surface area (TPSA) is 165 Å². The summed E-state index contributed by atoms with van der Waals surface area (Å²) in [5.74, 6) is -0.106. The molecule has 2 unspecified atom stereocenters. The molecule has 2 aliphatic heterocycles. The van der Waals surface area contributed by atoms with Crippen molar-refractivity contribution >= 4 is 22.8 Å². The minimum atomic E-state index is -2.00. The lowest BCUT2D eigenvalue weighted by Gasteiger charge is -2.34. The van der Waals surface area contributed by atoms with Crippen LogP contribution in [0.2, 0.25) is 0 Å². The average Bonchev–Trinajstić information content (AvgIpc) is 3.34. The fraction of sp³-hybridized carbons (Fsp3) is 0.327. The number of aromatic amines is 1. The van der Waals surface area contributed by atoms with Gasteiger partial charge in [-0.05, 0) is 108 Å². The SMILES string of the molecule is COc1cc(CNCC(O)c2ccc(O)c3[nH]c(=O)ccc23)ccc1C(=O)N1CCC(c2cccc(C(O)(C(=O)OCC3CCN(Cc4ccccc4)CC3)c3ccccc3)c2)CC1. The number of nitrogens with zero attached hydrogens (tertiary/aromatic N) is 2. The molecule has 0 saturated carbocycles. The third kappa shape index (κ3) is 9.90. The first-order valence-electron chi connectivity index (χ1n) is 22.1. The molecule has 0 bridgehead atoms. The zero-order valence-electron chi connectivity index (χ0n) is 36.1. The molecule has 12 heteroatoms. The van der Waals surface area contributed by atoms with Gasteiger partial charge in [0.05, 0.1) is 30.9 Å². The van der Waals surface area contributed by atoms with Crippen LogP contribution in [0.3, 0.4) is 0 Å². The molecule has 8 rings (SSSR count). The number of H-pyrrole nitrogens is 1. The van der Waals surface area contributed by atoms with Crippen LogP contribution in [0.1, 0.15) is 81.4 Å². The van der Waals surface area contributed by atoms with E-state index in [-0.39, 0.29) is 47.7 Å². The molecular formula is C52H56N4O8. The van der Waals surface area contributed by atoms with Crippen molar-refractivity contribution in [1.29, 1.82) is 0 Å². The number of carbonyl (C=O) groups excluding carboxylic acids is 2. The summed E-state index contributed by atoms with van der Waals surface area (Å²) in [6.07, 6.45) is 2.31. The molecule has 2 fully saturated rings. The number of ether oxygens (including phenoxy) is 2. The van der Waals surface area contributed by atoms with Crippen molar-refractivity contribution in [2.75, 3.05) is 46.4 Å². The van der Waals surface area contributed by atoms with Crippen molar-refractivity contribution in [2.24, 2.45) is 5.92 Å². The van der Waals surface area contributed by atoms with Gasteiger partial charge in [0.25, 0.3) is 5.91 Å². The number of piperidine rings is 2. The second-order valence-electron chi connectivity index (χ2n) is 17.0. The normalized spacial score (nSPS) is 16.6. The molecule has 2 atom stereocenters. The number of phenolic OH excluding ortho intramolecular Hbond substituents is 1. The minimum Gasteiger partial charge on any atom is -0.506 e. The number of nitrogens with one attached hydrogen (secondary N) is 2. The fourth-order valence-electron chi connectivity index (χ4n) is 9.17. The third-order valence-electron chi connectivity index (χ3n) is 12.9. The lowest BCUT2D eigenvalue weighted by Crippen LogP contribution is -2.41. The number of aromatic hydroxyl groups is 1. The first-order valence-corrected chi connectivity index (χ1v) is 22.1. The number of hydrogen-bond donors (Lipinski definition) is 5. The van der Waals surface area contributed by atoms with Gasteiger partial charge in [0.2, 0.25) is 11.2 Å². The molecule has 12 nitrogen and oxygen atoms in total. The van der Waals surface area contributed by atoms with Crippen molar-refractivity contribution in [3.05, 3.63) is 177 Å². The van der Waals surface area contributed by atoms with Gasteiger partial charge in [-0.2, -0.15) is 0 Å². The highest BCUT2D eigenvalue weighted by Crippen LogP contribution is 2.37. The van der Waals surface area contributed by atoms with E-state index in [1.54, 1.807) is 36.4 Å². The summed E-state index contributed by atoms with van der Waals surface area (Å²) in [6, 6.07) is 38.5. The van der Waals surface area contributed by atoms with Crippen LogP contribution in [-0.2, 0) is 28.2 Å². The molecule has 1 aromatic heterocycles. The monoisotopic (exact) mass is 864 g/mol. The smallest absolute Gasteiger partial charge is 0.347 e. The van der Waals surface area contributed by atoms with Crippen molar-refractivity contribution in [1.82, 2.24) is 20.1 Å². The standard InChI is InChI=1S/C52H56N4O8/c1-63-47-29-37(31-53-32-46(58)42-17-19-45(57)49-43(42)18-20-48(59)54-49)15-16-44(47)50(60)56-27-23-38(24-28-56)39-11-8-14-41(30-39)52(62,40-12-6-3-7-13-40)51(61)64-34-36-21-25-55(26-22-36)33-35-9-4-2-5-10-35/h2-20,29-30,36,38,46,53,57-58,62H,21-28,31-34H2,1H3,(H,54,59). The summed E-state index contributed by atoms with van der Waals surface area (Å²) < 4.78 is 11.7. The molecule has 5 aromatic carbocycles. The van der Waals surface area contributed by atoms with Crippen molar-refractivity contribution in [3.8, 4) is 11.5 Å². The van der Waals surface area contributed by atoms with Crippen LogP contribution in [-0.4, -0.2) is 88.4 Å². The average molecular weight is 865 g/mol. The highest BCUT2D eigenvalue weighted by atomic mass is 16.5. The summed E-state index contributed by atoms with van der Waals surface area (Å²) in [7, 11) is 1.54. The Hall–Kier alpha value is -6.31. The third-order valence-corrected chi connectivity index (χ3v) is 12.9. The Morgan fingerprint density at radius 2 is 1.53 bits per heavy atom. The Labute approximate surface area is 373 Å². The van der Waals surface area contributed by atoms with Crippen molar-refractivity contribution in [3.63, 3.8) is 0 Å². The zero-order chi connectivity index (χ0) is 44.6. The molecule has 2 aliphatic rings. The zero-order valence-corrected chi connectivity index (χ0v) is 36.1. The number of likely N-dealkylation sites (tertiary alicyclic amines) is 2. The number of aromatic nitrogens is 1. The number of aliphatic hydroxyl groups excluding tert-OH is 1. The first-order chi connectivity index (χ1) is 31.1. The number of methoxy groups -OCH3 is 1. The Bertz CT molecular complexity index is 2600. The van der Waals surface area contributed by atoms with Crippen molar-refractivity contribution < 1.29 is 34.4 Å². The minimum absolute atomic E-state index is 0.0711. The molecule has 0 aliphatic carbocycles. The Kier molecular flexibility index (Phi) is 13.9. The molecule has 0 radical (unpaired) electrons. The van der Waals surface area contributed by atoms with Gasteiger partial charge < -0.3 is 40.0 Å². The number of phenols is 1. The van der Waals surface area contributed by atoms with E-state index in [1.165, 1.54) is 24.8 Å². The summed E-state index contributed by atoms with van der Waals surface area (Å²) >= 11 is 0. The van der Waals surface area contributed by atoms with Crippen LogP contribution in [0.4, 0.5) is 0 Å². The van der Waals surface area contributed by atoms with E-state index in [2.05, 4.69) is 39.5 Å². The summed E-state index contributed by atoms with van der Waals surface area (Å²) in [4.78, 5) is 46.6. The molecule has 332 valence electrons. The number of rotatable bonds is 15. The van der Waals surface area contributed by atoms with E-state index in [1.807, 2.05) is 59.5 Å². The van der Waals surface area contributed by atoms with E-state index in [0.717, 1.165) is 43.6 Å². The van der Waals surface area contributed by atoms with E-state index in [9.17, 15) is 29.7 Å². The quantitative estimate of drug-likeness (QED) is 0.0696. The number of benzene rings is 5. The molecule has 1 amide bonds. The lowest BCUT2D eigenvalue weighted by molar-refractivity contribution is -0.164. The summed E-state index contributed by atoms with van der Waals surface area (Å²) in [5.41, 5.74) is 3.00. The Balaban J connectivity index is 0.869. The van der Waals surface area contributed by atoms with Crippen LogP contribution < -0.4 is 15.6 Å². The molecule has 0 spiro atoms. The van der Waals surface area contributed by atoms with E-state index < -0.39 is 17.7 Å². The second-order valence-corrected chi connectivity index (χ2v) is 17.0. The highest BCUT2D eigenvalue weighted by molar-refractivity contribution is 5.97. The van der Waals surface area contributed by atoms with Crippen LogP contribution in [0.5, 0.6) is 11.5 Å². The number of aliphatic hydroxyl groups is 2. The molecule has 5 N–H and O–H groups in total. The lowest BCUT2D eigenvalue weighted by atomic mass is 9.82. The number of fused-ring (bicyclic) bond motifs is 1. The molecule has 3 heterocycles. The van der Waals surface area contributed by atoms with Gasteiger partial charge in [-0.25, -0.2) is 4.79 Å². The largest absolute Gasteiger partial charge is 0.506 e. The number of hydrogen-bond acceptors (Lipinski definition) is 10. The van der Waals surface area contributed by atoms with Crippen LogP contribution >= 0.6 is 0 Å². The number of pyridine rings is 1. The Morgan fingerprint density at radius 3 is 2.27 bits per heavy atom. The molecular weight excluding hydrogens is 809 g/mol. The van der Waals surface area contributed by atoms with Gasteiger partial charge in [-0.15, -0.1) is 0 Å². The number of esters is 1. The van der Waals surface area contributed by atoms with Gasteiger partial charge in [0, 0.05) is 44.2 Å². The predicted octanol–water partition coefficient (Wildman–Crippen LogP) is 6.78. The van der Waals surface area contributed by atoms with Gasteiger partial charge in [-0.3, -0.25) is 14.5 Å². The molecule has 6 aromatic rings. The fourth-order valence-corrected chi connectivity index (χ4v) is 9.17. The summed E-state index contributed by atoms with van der Waals surface area (Å²) in [6.45, 7) is 4.63. The highest BCUT2D eigenvalue weighted by Gasteiger charge is 2.42. The van der Waals surface area contributed by atoms with E-state index in [4.69, 9.17) is 9.47 Å². The molecule has 64 heavy (non-hydrogen) atoms. The van der Waals surface area contributed by atoms with Crippen LogP contribution in [0, 0.1) is 5.92 Å². The van der Waals surface area contributed by atoms with Gasteiger partial charge in [0.15, 0.2) is 0 Å². The van der Waals surface area contributed by atoms with Crippen molar-refractivity contribution in [2.45, 2.75) is 56.4 Å². The summed E-state index contributed by atoms with van der Waals surface area (Å²) in [5, 5.41) is 37.4.